The summed E-state index contributed by atoms with van der Waals surface area (Å²) in [7, 11) is 0. The molecule has 0 saturated heterocycles. The lowest BCUT2D eigenvalue weighted by Gasteiger charge is -2.21. The van der Waals surface area contributed by atoms with E-state index in [1.54, 1.807) is 10.9 Å². The molecule has 1 fully saturated rings. The molecule has 1 saturated carbocycles. The van der Waals surface area contributed by atoms with Gasteiger partial charge in [0.2, 0.25) is 5.91 Å². The number of nitrogens with zero attached hydrogens (tertiary/aromatic N) is 2. The van der Waals surface area contributed by atoms with E-state index in [0.29, 0.717) is 0 Å². The van der Waals surface area contributed by atoms with E-state index < -0.39 is 0 Å². The van der Waals surface area contributed by atoms with Crippen molar-refractivity contribution in [2.24, 2.45) is 5.92 Å². The second-order valence-corrected chi connectivity index (χ2v) is 5.29. The molecular formula is C16H19N3O. The normalized spacial score (nSPS) is 16.0. The van der Waals surface area contributed by atoms with Crippen molar-refractivity contribution >= 4 is 11.6 Å². The number of hydrogen-bond acceptors (Lipinski definition) is 2. The molecular weight excluding hydrogens is 250 g/mol. The maximum absolute atomic E-state index is 12.3. The Bertz CT molecular complexity index is 571. The second-order valence-electron chi connectivity index (χ2n) is 5.29. The Kier molecular flexibility index (Phi) is 3.81. The molecule has 1 aromatic heterocycles. The Hall–Kier alpha value is -2.10. The number of benzene rings is 1. The SMILES string of the molecule is O=C(Nc1ccccc1-n1cccn1)C1CCCCC1. The number of rotatable bonds is 3. The molecule has 0 atom stereocenters. The van der Waals surface area contributed by atoms with Crippen LogP contribution in [0.2, 0.25) is 0 Å². The lowest BCUT2D eigenvalue weighted by molar-refractivity contribution is -0.120. The van der Waals surface area contributed by atoms with E-state index in [-0.39, 0.29) is 11.8 Å². The van der Waals surface area contributed by atoms with Gasteiger partial charge >= 0.3 is 0 Å². The Morgan fingerprint density at radius 1 is 1.15 bits per heavy atom. The second kappa shape index (κ2) is 5.90. The molecule has 0 bridgehead atoms. The van der Waals surface area contributed by atoms with Gasteiger partial charge in [-0.05, 0) is 31.0 Å². The van der Waals surface area contributed by atoms with Gasteiger partial charge in [-0.3, -0.25) is 4.79 Å². The van der Waals surface area contributed by atoms with E-state index in [9.17, 15) is 4.79 Å². The number of aromatic nitrogens is 2. The summed E-state index contributed by atoms with van der Waals surface area (Å²) in [5, 5.41) is 7.30. The average Bonchev–Trinajstić information content (AvgIpc) is 3.03. The fraction of sp³-hybridized carbons (Fsp3) is 0.375. The van der Waals surface area contributed by atoms with Gasteiger partial charge < -0.3 is 5.32 Å². The number of para-hydroxylation sites is 2. The van der Waals surface area contributed by atoms with Crippen molar-refractivity contribution < 1.29 is 4.79 Å². The number of hydrogen-bond donors (Lipinski definition) is 1. The zero-order valence-corrected chi connectivity index (χ0v) is 11.5. The number of anilines is 1. The van der Waals surface area contributed by atoms with E-state index in [4.69, 9.17) is 0 Å². The number of nitrogens with one attached hydrogen (secondary N) is 1. The van der Waals surface area contributed by atoms with E-state index in [0.717, 1.165) is 24.2 Å². The van der Waals surface area contributed by atoms with Crippen molar-refractivity contribution in [1.29, 1.82) is 0 Å². The zero-order valence-electron chi connectivity index (χ0n) is 11.5. The third kappa shape index (κ3) is 2.74. The van der Waals surface area contributed by atoms with E-state index in [2.05, 4.69) is 10.4 Å². The van der Waals surface area contributed by atoms with E-state index in [1.807, 2.05) is 36.5 Å². The molecule has 4 nitrogen and oxygen atoms in total. The summed E-state index contributed by atoms with van der Waals surface area (Å²) in [5.41, 5.74) is 1.73. The maximum atomic E-state index is 12.3. The van der Waals surface area contributed by atoms with Crippen LogP contribution in [-0.4, -0.2) is 15.7 Å². The Labute approximate surface area is 118 Å². The fourth-order valence-electron chi connectivity index (χ4n) is 2.79. The average molecular weight is 269 g/mol. The standard InChI is InChI=1S/C16H19N3O/c20-16(13-7-2-1-3-8-13)18-14-9-4-5-10-15(14)19-12-6-11-17-19/h4-6,9-13H,1-3,7-8H2,(H,18,20). The van der Waals surface area contributed by atoms with Crippen LogP contribution in [0.15, 0.2) is 42.7 Å². The first kappa shape index (κ1) is 12.9. The first-order valence-corrected chi connectivity index (χ1v) is 7.24. The van der Waals surface area contributed by atoms with Gasteiger partial charge in [0, 0.05) is 18.3 Å². The van der Waals surface area contributed by atoms with Gasteiger partial charge in [0.1, 0.15) is 0 Å². The smallest absolute Gasteiger partial charge is 0.227 e. The van der Waals surface area contributed by atoms with Crippen molar-refractivity contribution in [3.8, 4) is 5.69 Å². The molecule has 1 amide bonds. The number of carbonyl (C=O) groups is 1. The third-order valence-electron chi connectivity index (χ3n) is 3.89. The van der Waals surface area contributed by atoms with Crippen molar-refractivity contribution in [3.63, 3.8) is 0 Å². The summed E-state index contributed by atoms with van der Waals surface area (Å²) in [6.45, 7) is 0. The summed E-state index contributed by atoms with van der Waals surface area (Å²) < 4.78 is 1.77. The molecule has 1 N–H and O–H groups in total. The van der Waals surface area contributed by atoms with Crippen molar-refractivity contribution in [2.75, 3.05) is 5.32 Å². The predicted molar refractivity (Wildman–Crippen MR) is 78.8 cm³/mol. The highest BCUT2D eigenvalue weighted by atomic mass is 16.1. The molecule has 20 heavy (non-hydrogen) atoms. The van der Waals surface area contributed by atoms with Gasteiger partial charge in [0.05, 0.1) is 11.4 Å². The fourth-order valence-corrected chi connectivity index (χ4v) is 2.79. The third-order valence-corrected chi connectivity index (χ3v) is 3.89. The molecule has 3 rings (SSSR count). The van der Waals surface area contributed by atoms with Crippen LogP contribution in [0.1, 0.15) is 32.1 Å². The Morgan fingerprint density at radius 2 is 1.95 bits per heavy atom. The minimum atomic E-state index is 0.143. The molecule has 2 aromatic rings. The number of carbonyl (C=O) groups excluding carboxylic acids is 1. The van der Waals surface area contributed by atoms with Crippen LogP contribution < -0.4 is 5.32 Å². The van der Waals surface area contributed by atoms with Crippen LogP contribution in [0.5, 0.6) is 0 Å². The molecule has 104 valence electrons. The Balaban J connectivity index is 1.79. The van der Waals surface area contributed by atoms with Crippen LogP contribution in [0, 0.1) is 5.92 Å². The summed E-state index contributed by atoms with van der Waals surface area (Å²) in [6.07, 6.45) is 9.22. The molecule has 0 radical (unpaired) electrons. The van der Waals surface area contributed by atoms with Crippen LogP contribution in [0.3, 0.4) is 0 Å². The lowest BCUT2D eigenvalue weighted by Crippen LogP contribution is -2.25. The summed E-state index contributed by atoms with van der Waals surface area (Å²) in [4.78, 5) is 12.3. The molecule has 1 aliphatic rings. The minimum absolute atomic E-state index is 0.143. The number of amides is 1. The van der Waals surface area contributed by atoms with Crippen LogP contribution in [0.25, 0.3) is 5.69 Å². The summed E-state index contributed by atoms with van der Waals surface area (Å²) >= 11 is 0. The largest absolute Gasteiger partial charge is 0.324 e. The Morgan fingerprint density at radius 3 is 2.70 bits per heavy atom. The monoisotopic (exact) mass is 269 g/mol. The lowest BCUT2D eigenvalue weighted by atomic mass is 9.88. The van der Waals surface area contributed by atoms with Gasteiger partial charge in [-0.2, -0.15) is 5.10 Å². The quantitative estimate of drug-likeness (QED) is 0.928. The molecule has 1 heterocycles. The zero-order chi connectivity index (χ0) is 13.8. The van der Waals surface area contributed by atoms with Gasteiger partial charge in [0.25, 0.3) is 0 Å². The van der Waals surface area contributed by atoms with Crippen molar-refractivity contribution in [2.45, 2.75) is 32.1 Å². The van der Waals surface area contributed by atoms with Crippen LogP contribution in [0.4, 0.5) is 5.69 Å². The van der Waals surface area contributed by atoms with Gasteiger partial charge in [-0.15, -0.1) is 0 Å². The molecule has 0 spiro atoms. The molecule has 0 aliphatic heterocycles. The minimum Gasteiger partial charge on any atom is -0.324 e. The van der Waals surface area contributed by atoms with E-state index in [1.165, 1.54) is 19.3 Å². The molecule has 1 aromatic carbocycles. The van der Waals surface area contributed by atoms with Gasteiger partial charge in [-0.25, -0.2) is 4.68 Å². The highest BCUT2D eigenvalue weighted by molar-refractivity contribution is 5.94. The summed E-state index contributed by atoms with van der Waals surface area (Å²) in [5.74, 6) is 0.304. The van der Waals surface area contributed by atoms with Crippen molar-refractivity contribution in [1.82, 2.24) is 9.78 Å². The maximum Gasteiger partial charge on any atom is 0.227 e. The first-order chi connectivity index (χ1) is 9.84. The first-order valence-electron chi connectivity index (χ1n) is 7.24. The highest BCUT2D eigenvalue weighted by Crippen LogP contribution is 2.26. The van der Waals surface area contributed by atoms with Crippen LogP contribution >= 0.6 is 0 Å². The topological polar surface area (TPSA) is 46.9 Å². The van der Waals surface area contributed by atoms with E-state index >= 15 is 0 Å². The molecule has 4 heteroatoms. The van der Waals surface area contributed by atoms with Crippen LogP contribution in [-0.2, 0) is 4.79 Å². The van der Waals surface area contributed by atoms with Gasteiger partial charge in [0.15, 0.2) is 0 Å². The highest BCUT2D eigenvalue weighted by Gasteiger charge is 2.21. The molecule has 0 unspecified atom stereocenters. The van der Waals surface area contributed by atoms with Gasteiger partial charge in [-0.1, -0.05) is 31.4 Å². The summed E-state index contributed by atoms with van der Waals surface area (Å²) in [6, 6.07) is 9.65. The predicted octanol–water partition coefficient (Wildman–Crippen LogP) is 3.39. The van der Waals surface area contributed by atoms with Crippen molar-refractivity contribution in [3.05, 3.63) is 42.7 Å². The molecule has 1 aliphatic carbocycles.